The van der Waals surface area contributed by atoms with Crippen LogP contribution in [0.3, 0.4) is 0 Å². The minimum absolute atomic E-state index is 0.0277. The molecule has 1 rings (SSSR count). The summed E-state index contributed by atoms with van der Waals surface area (Å²) in [7, 11) is 0. The summed E-state index contributed by atoms with van der Waals surface area (Å²) in [5, 5.41) is 9.07. The third-order valence-electron chi connectivity index (χ3n) is 3.41. The molecular formula is C18H27FO3. The maximum absolute atomic E-state index is 14.1. The van der Waals surface area contributed by atoms with Crippen molar-refractivity contribution in [1.82, 2.24) is 0 Å². The number of aliphatic hydroxyl groups is 1. The minimum atomic E-state index is -0.901. The van der Waals surface area contributed by atoms with Gasteiger partial charge in [-0.3, -0.25) is 0 Å². The van der Waals surface area contributed by atoms with E-state index < -0.39 is 6.17 Å². The first-order chi connectivity index (χ1) is 10.6. The van der Waals surface area contributed by atoms with Crippen LogP contribution in [-0.4, -0.2) is 31.1 Å². The molecule has 0 fully saturated rings. The second-order valence-electron chi connectivity index (χ2n) is 5.74. The third-order valence-corrected chi connectivity index (χ3v) is 3.41. The zero-order chi connectivity index (χ0) is 16.2. The summed E-state index contributed by atoms with van der Waals surface area (Å²) in [6.45, 7) is 6.20. The summed E-state index contributed by atoms with van der Waals surface area (Å²) < 4.78 is 14.1. The lowest BCUT2D eigenvalue weighted by atomic mass is 9.96. The molecule has 0 saturated heterocycles. The van der Waals surface area contributed by atoms with Gasteiger partial charge in [-0.2, -0.15) is 0 Å². The minimum Gasteiger partial charge on any atom is -0.396 e. The van der Waals surface area contributed by atoms with E-state index >= 15 is 0 Å². The number of hydrogen-bond acceptors (Lipinski definition) is 3. The Hall–Kier alpha value is -1.23. The molecule has 2 atom stereocenters. The Bertz CT molecular complexity index is 408. The van der Waals surface area contributed by atoms with E-state index in [9.17, 15) is 4.39 Å². The highest BCUT2D eigenvalue weighted by molar-refractivity contribution is 5.14. The Balaban J connectivity index is 2.26. The molecule has 1 aromatic carbocycles. The fourth-order valence-corrected chi connectivity index (χ4v) is 2.19. The van der Waals surface area contributed by atoms with E-state index in [0.717, 1.165) is 17.6 Å². The molecule has 3 nitrogen and oxygen atoms in total. The van der Waals surface area contributed by atoms with Crippen LogP contribution in [0.25, 0.3) is 0 Å². The van der Waals surface area contributed by atoms with Crippen LogP contribution in [0.5, 0.6) is 0 Å². The Morgan fingerprint density at radius 1 is 1.23 bits per heavy atom. The average molecular weight is 310 g/mol. The molecule has 0 saturated carbocycles. The fraction of sp³-hybridized carbons (Fsp3) is 0.556. The van der Waals surface area contributed by atoms with Crippen LogP contribution < -0.4 is 0 Å². The molecule has 0 heterocycles. The molecule has 0 aliphatic rings. The van der Waals surface area contributed by atoms with Gasteiger partial charge in [0.25, 0.3) is 0 Å². The lowest BCUT2D eigenvalue weighted by molar-refractivity contribution is -0.296. The van der Waals surface area contributed by atoms with Crippen molar-refractivity contribution in [3.05, 3.63) is 48.0 Å². The molecule has 22 heavy (non-hydrogen) atoms. The summed E-state index contributed by atoms with van der Waals surface area (Å²) in [5.41, 5.74) is 2.01. The highest BCUT2D eigenvalue weighted by atomic mass is 19.1. The van der Waals surface area contributed by atoms with Crippen LogP contribution in [-0.2, 0) is 16.2 Å². The number of alkyl halides is 1. The van der Waals surface area contributed by atoms with Gasteiger partial charge in [-0.15, -0.1) is 0 Å². The van der Waals surface area contributed by atoms with Gasteiger partial charge in [0, 0.05) is 6.61 Å². The van der Waals surface area contributed by atoms with E-state index in [-0.39, 0.29) is 12.5 Å². The van der Waals surface area contributed by atoms with Crippen LogP contribution in [0.4, 0.5) is 4.39 Å². The molecule has 4 heteroatoms. The van der Waals surface area contributed by atoms with E-state index in [0.29, 0.717) is 32.5 Å². The fourth-order valence-electron chi connectivity index (χ4n) is 2.19. The number of aliphatic hydroxyl groups excluding tert-OH is 1. The largest absolute Gasteiger partial charge is 0.396 e. The SMILES string of the molecule is C=C(C)COOCC(CCO)CC(F)CCc1ccccc1. The maximum Gasteiger partial charge on any atom is 0.103 e. The average Bonchev–Trinajstić information content (AvgIpc) is 2.50. The van der Waals surface area contributed by atoms with Crippen molar-refractivity contribution >= 4 is 0 Å². The van der Waals surface area contributed by atoms with Gasteiger partial charge in [-0.25, -0.2) is 14.2 Å². The van der Waals surface area contributed by atoms with E-state index in [2.05, 4.69) is 6.58 Å². The molecule has 0 aliphatic heterocycles. The normalized spacial score (nSPS) is 13.8. The predicted molar refractivity (Wildman–Crippen MR) is 86.2 cm³/mol. The van der Waals surface area contributed by atoms with Gasteiger partial charge in [0.1, 0.15) is 12.8 Å². The second kappa shape index (κ2) is 11.4. The molecule has 0 aromatic heterocycles. The molecule has 0 amide bonds. The molecule has 0 radical (unpaired) electrons. The number of halogens is 1. The van der Waals surface area contributed by atoms with Crippen LogP contribution >= 0.6 is 0 Å². The molecule has 124 valence electrons. The van der Waals surface area contributed by atoms with E-state index in [1.165, 1.54) is 0 Å². The van der Waals surface area contributed by atoms with E-state index in [4.69, 9.17) is 14.9 Å². The van der Waals surface area contributed by atoms with E-state index in [1.807, 2.05) is 37.3 Å². The molecule has 1 N–H and O–H groups in total. The standard InChI is InChI=1S/C18H27FO3/c1-15(2)13-21-22-14-17(10-11-20)12-18(19)9-8-16-6-4-3-5-7-16/h3-7,17-18,20H,1,8-14H2,2H3. The molecule has 1 aromatic rings. The third kappa shape index (κ3) is 8.93. The van der Waals surface area contributed by atoms with Crippen molar-refractivity contribution < 1.29 is 19.3 Å². The first kappa shape index (κ1) is 18.8. The van der Waals surface area contributed by atoms with Crippen molar-refractivity contribution in [1.29, 1.82) is 0 Å². The summed E-state index contributed by atoms with van der Waals surface area (Å²) in [5.74, 6) is -0.0408. The van der Waals surface area contributed by atoms with Crippen molar-refractivity contribution in [2.24, 2.45) is 5.92 Å². The van der Waals surface area contributed by atoms with Crippen molar-refractivity contribution in [2.75, 3.05) is 19.8 Å². The van der Waals surface area contributed by atoms with Crippen molar-refractivity contribution in [2.45, 2.75) is 38.8 Å². The van der Waals surface area contributed by atoms with Gasteiger partial charge in [0.2, 0.25) is 0 Å². The Morgan fingerprint density at radius 2 is 1.95 bits per heavy atom. The summed E-state index contributed by atoms with van der Waals surface area (Å²) in [6, 6.07) is 9.89. The number of benzene rings is 1. The van der Waals surface area contributed by atoms with Crippen molar-refractivity contribution in [3.8, 4) is 0 Å². The van der Waals surface area contributed by atoms with Crippen LogP contribution in [0.1, 0.15) is 31.7 Å². The smallest absolute Gasteiger partial charge is 0.103 e. The van der Waals surface area contributed by atoms with E-state index in [1.54, 1.807) is 0 Å². The highest BCUT2D eigenvalue weighted by Crippen LogP contribution is 2.18. The molecular weight excluding hydrogens is 283 g/mol. The lowest BCUT2D eigenvalue weighted by Crippen LogP contribution is -2.18. The Labute approximate surface area is 132 Å². The van der Waals surface area contributed by atoms with Gasteiger partial charge in [-0.1, -0.05) is 42.5 Å². The van der Waals surface area contributed by atoms with Crippen LogP contribution in [0.15, 0.2) is 42.5 Å². The monoisotopic (exact) mass is 310 g/mol. The quantitative estimate of drug-likeness (QED) is 0.276. The maximum atomic E-state index is 14.1. The molecule has 0 spiro atoms. The summed E-state index contributed by atoms with van der Waals surface area (Å²) in [4.78, 5) is 10.1. The Kier molecular flexibility index (Phi) is 9.71. The molecule has 0 bridgehead atoms. The number of rotatable bonds is 12. The predicted octanol–water partition coefficient (Wildman–Crippen LogP) is 3.87. The first-order valence-corrected chi connectivity index (χ1v) is 7.79. The number of hydrogen-bond donors (Lipinski definition) is 1. The number of aryl methyl sites for hydroxylation is 1. The first-order valence-electron chi connectivity index (χ1n) is 7.79. The Morgan fingerprint density at radius 3 is 2.59 bits per heavy atom. The van der Waals surface area contributed by atoms with Crippen LogP contribution in [0, 0.1) is 5.92 Å². The zero-order valence-corrected chi connectivity index (χ0v) is 13.3. The van der Waals surface area contributed by atoms with Crippen LogP contribution in [0.2, 0.25) is 0 Å². The van der Waals surface area contributed by atoms with Gasteiger partial charge >= 0.3 is 0 Å². The van der Waals surface area contributed by atoms with Gasteiger partial charge in [0.05, 0.1) is 6.61 Å². The summed E-state index contributed by atoms with van der Waals surface area (Å²) in [6.07, 6.45) is 1.20. The second-order valence-corrected chi connectivity index (χ2v) is 5.74. The summed E-state index contributed by atoms with van der Waals surface area (Å²) >= 11 is 0. The van der Waals surface area contributed by atoms with Crippen molar-refractivity contribution in [3.63, 3.8) is 0 Å². The van der Waals surface area contributed by atoms with Gasteiger partial charge < -0.3 is 5.11 Å². The molecule has 0 aliphatic carbocycles. The highest BCUT2D eigenvalue weighted by Gasteiger charge is 2.16. The lowest BCUT2D eigenvalue weighted by Gasteiger charge is -2.18. The molecule has 2 unspecified atom stereocenters. The van der Waals surface area contributed by atoms with Gasteiger partial charge in [-0.05, 0) is 44.1 Å². The van der Waals surface area contributed by atoms with Gasteiger partial charge in [0.15, 0.2) is 0 Å². The topological polar surface area (TPSA) is 38.7 Å². The zero-order valence-electron chi connectivity index (χ0n) is 13.3.